The van der Waals surface area contributed by atoms with Crippen LogP contribution >= 0.6 is 0 Å². The van der Waals surface area contributed by atoms with Gasteiger partial charge in [0.05, 0.1) is 0 Å². The standard InChI is InChI=1S/C12H25NO2/c1-5-7-8-12(6-2,11(14)15)13-9-10(3)4/h10,13H,5-9H2,1-4H3,(H,14,15). The maximum atomic E-state index is 11.3. The fraction of sp³-hybridized carbons (Fsp3) is 0.917. The summed E-state index contributed by atoms with van der Waals surface area (Å²) in [5.41, 5.74) is -0.708. The van der Waals surface area contributed by atoms with Crippen molar-refractivity contribution >= 4 is 5.97 Å². The number of nitrogens with one attached hydrogen (secondary N) is 1. The molecule has 0 aromatic heterocycles. The Hall–Kier alpha value is -0.570. The normalized spacial score (nSPS) is 15.3. The van der Waals surface area contributed by atoms with E-state index in [0.29, 0.717) is 12.3 Å². The first-order valence-electron chi connectivity index (χ1n) is 5.97. The molecule has 0 radical (unpaired) electrons. The minimum atomic E-state index is -0.709. The van der Waals surface area contributed by atoms with Crippen LogP contribution in [0.2, 0.25) is 0 Å². The lowest BCUT2D eigenvalue weighted by Crippen LogP contribution is -2.52. The minimum absolute atomic E-state index is 0.483. The van der Waals surface area contributed by atoms with Gasteiger partial charge < -0.3 is 10.4 Å². The molecule has 0 aliphatic carbocycles. The van der Waals surface area contributed by atoms with Gasteiger partial charge >= 0.3 is 5.97 Å². The second-order valence-electron chi connectivity index (χ2n) is 4.62. The molecule has 0 saturated heterocycles. The summed E-state index contributed by atoms with van der Waals surface area (Å²) in [6, 6.07) is 0. The van der Waals surface area contributed by atoms with E-state index in [1.807, 2.05) is 6.92 Å². The van der Waals surface area contributed by atoms with Gasteiger partial charge in [-0.05, 0) is 25.3 Å². The summed E-state index contributed by atoms with van der Waals surface area (Å²) in [6.45, 7) is 8.98. The van der Waals surface area contributed by atoms with Gasteiger partial charge in [-0.3, -0.25) is 4.79 Å². The van der Waals surface area contributed by atoms with Crippen molar-refractivity contribution in [2.24, 2.45) is 5.92 Å². The molecule has 2 N–H and O–H groups in total. The van der Waals surface area contributed by atoms with Gasteiger partial charge in [-0.25, -0.2) is 0 Å². The van der Waals surface area contributed by atoms with E-state index in [4.69, 9.17) is 0 Å². The zero-order valence-electron chi connectivity index (χ0n) is 10.5. The van der Waals surface area contributed by atoms with Crippen LogP contribution in [0.25, 0.3) is 0 Å². The van der Waals surface area contributed by atoms with Crippen LogP contribution in [0.5, 0.6) is 0 Å². The molecule has 1 atom stereocenters. The molecule has 0 aliphatic rings. The zero-order chi connectivity index (χ0) is 11.9. The van der Waals surface area contributed by atoms with Crippen molar-refractivity contribution in [3.05, 3.63) is 0 Å². The molecule has 0 aromatic rings. The number of hydrogen-bond acceptors (Lipinski definition) is 2. The predicted octanol–water partition coefficient (Wildman–Crippen LogP) is 2.66. The minimum Gasteiger partial charge on any atom is -0.480 e. The summed E-state index contributed by atoms with van der Waals surface area (Å²) >= 11 is 0. The Morgan fingerprint density at radius 3 is 2.33 bits per heavy atom. The summed E-state index contributed by atoms with van der Waals surface area (Å²) < 4.78 is 0. The van der Waals surface area contributed by atoms with Crippen molar-refractivity contribution in [3.8, 4) is 0 Å². The highest BCUT2D eigenvalue weighted by molar-refractivity contribution is 5.78. The molecule has 0 rings (SSSR count). The van der Waals surface area contributed by atoms with Gasteiger partial charge in [0.15, 0.2) is 0 Å². The van der Waals surface area contributed by atoms with E-state index in [0.717, 1.165) is 25.8 Å². The lowest BCUT2D eigenvalue weighted by atomic mass is 9.89. The molecule has 0 heterocycles. The highest BCUT2D eigenvalue weighted by Crippen LogP contribution is 2.19. The maximum Gasteiger partial charge on any atom is 0.323 e. The summed E-state index contributed by atoms with van der Waals surface area (Å²) in [7, 11) is 0. The predicted molar refractivity (Wildman–Crippen MR) is 63.0 cm³/mol. The Morgan fingerprint density at radius 2 is 2.00 bits per heavy atom. The Kier molecular flexibility index (Phi) is 6.57. The lowest BCUT2D eigenvalue weighted by Gasteiger charge is -2.30. The van der Waals surface area contributed by atoms with Crippen molar-refractivity contribution in [2.75, 3.05) is 6.54 Å². The van der Waals surface area contributed by atoms with E-state index in [1.54, 1.807) is 0 Å². The third kappa shape index (κ3) is 4.65. The van der Waals surface area contributed by atoms with E-state index in [9.17, 15) is 9.90 Å². The Labute approximate surface area is 93.3 Å². The molecule has 1 unspecified atom stereocenters. The SMILES string of the molecule is CCCCC(CC)(NCC(C)C)C(=O)O. The molecule has 0 saturated carbocycles. The maximum absolute atomic E-state index is 11.3. The lowest BCUT2D eigenvalue weighted by molar-refractivity contribution is -0.145. The number of carboxylic acids is 1. The highest BCUT2D eigenvalue weighted by atomic mass is 16.4. The van der Waals surface area contributed by atoms with Crippen molar-refractivity contribution in [1.29, 1.82) is 0 Å². The van der Waals surface area contributed by atoms with Crippen molar-refractivity contribution in [2.45, 2.75) is 58.9 Å². The number of aliphatic carboxylic acids is 1. The van der Waals surface area contributed by atoms with E-state index >= 15 is 0 Å². The molecular formula is C12H25NO2. The molecule has 15 heavy (non-hydrogen) atoms. The topological polar surface area (TPSA) is 49.3 Å². The molecule has 3 heteroatoms. The second kappa shape index (κ2) is 6.83. The molecular weight excluding hydrogens is 190 g/mol. The molecule has 0 fully saturated rings. The van der Waals surface area contributed by atoms with Crippen molar-refractivity contribution in [1.82, 2.24) is 5.32 Å². The van der Waals surface area contributed by atoms with Crippen LogP contribution in [-0.2, 0) is 4.79 Å². The largest absolute Gasteiger partial charge is 0.480 e. The highest BCUT2D eigenvalue weighted by Gasteiger charge is 2.35. The van der Waals surface area contributed by atoms with E-state index < -0.39 is 11.5 Å². The van der Waals surface area contributed by atoms with Crippen LogP contribution < -0.4 is 5.32 Å². The molecule has 0 aromatic carbocycles. The molecule has 3 nitrogen and oxygen atoms in total. The van der Waals surface area contributed by atoms with Gasteiger partial charge in [0, 0.05) is 0 Å². The smallest absolute Gasteiger partial charge is 0.323 e. The Bertz CT molecular complexity index is 192. The van der Waals surface area contributed by atoms with Crippen molar-refractivity contribution < 1.29 is 9.90 Å². The van der Waals surface area contributed by atoms with Gasteiger partial charge in [-0.2, -0.15) is 0 Å². The molecule has 0 bridgehead atoms. The average molecular weight is 215 g/mol. The first kappa shape index (κ1) is 14.4. The fourth-order valence-corrected chi connectivity index (χ4v) is 1.60. The zero-order valence-corrected chi connectivity index (χ0v) is 10.5. The van der Waals surface area contributed by atoms with E-state index in [1.165, 1.54) is 0 Å². The molecule has 90 valence electrons. The summed E-state index contributed by atoms with van der Waals surface area (Å²) in [6.07, 6.45) is 3.38. The van der Waals surface area contributed by atoms with Crippen LogP contribution in [0.1, 0.15) is 53.4 Å². The molecule has 0 amide bonds. The van der Waals surface area contributed by atoms with Crippen LogP contribution in [-0.4, -0.2) is 23.2 Å². The first-order valence-corrected chi connectivity index (χ1v) is 5.97. The molecule has 0 spiro atoms. The number of rotatable bonds is 8. The second-order valence-corrected chi connectivity index (χ2v) is 4.62. The van der Waals surface area contributed by atoms with Gasteiger partial charge in [-0.1, -0.05) is 40.5 Å². The Morgan fingerprint density at radius 1 is 1.40 bits per heavy atom. The average Bonchev–Trinajstić information content (AvgIpc) is 2.18. The van der Waals surface area contributed by atoms with Gasteiger partial charge in [0.1, 0.15) is 5.54 Å². The quantitative estimate of drug-likeness (QED) is 0.654. The number of hydrogen-bond donors (Lipinski definition) is 2. The molecule has 0 aliphatic heterocycles. The van der Waals surface area contributed by atoms with Crippen molar-refractivity contribution in [3.63, 3.8) is 0 Å². The van der Waals surface area contributed by atoms with Crippen LogP contribution in [0.3, 0.4) is 0 Å². The van der Waals surface area contributed by atoms with Gasteiger partial charge in [0.2, 0.25) is 0 Å². The summed E-state index contributed by atoms with van der Waals surface area (Å²) in [5, 5.41) is 12.5. The first-order chi connectivity index (χ1) is 6.98. The van der Waals surface area contributed by atoms with Crippen LogP contribution in [0, 0.1) is 5.92 Å². The summed E-state index contributed by atoms with van der Waals surface area (Å²) in [5.74, 6) is -0.226. The summed E-state index contributed by atoms with van der Waals surface area (Å²) in [4.78, 5) is 11.3. The van der Waals surface area contributed by atoms with Crippen LogP contribution in [0.15, 0.2) is 0 Å². The number of unbranched alkanes of at least 4 members (excludes halogenated alkanes) is 1. The Balaban J connectivity index is 4.43. The monoisotopic (exact) mass is 215 g/mol. The van der Waals surface area contributed by atoms with Crippen LogP contribution in [0.4, 0.5) is 0 Å². The number of carbonyl (C=O) groups is 1. The third-order valence-electron chi connectivity index (χ3n) is 2.82. The third-order valence-corrected chi connectivity index (χ3v) is 2.82. The van der Waals surface area contributed by atoms with Gasteiger partial charge in [0.25, 0.3) is 0 Å². The van der Waals surface area contributed by atoms with E-state index in [-0.39, 0.29) is 0 Å². The fourth-order valence-electron chi connectivity index (χ4n) is 1.60. The van der Waals surface area contributed by atoms with Gasteiger partial charge in [-0.15, -0.1) is 0 Å². The van der Waals surface area contributed by atoms with E-state index in [2.05, 4.69) is 26.1 Å². The number of carboxylic acid groups (broad SMARTS) is 1.